The number of amides is 2. The van der Waals surface area contributed by atoms with Crippen molar-refractivity contribution in [2.24, 2.45) is 0 Å². The number of aliphatic hydroxyl groups is 1. The second kappa shape index (κ2) is 8.46. The normalized spacial score (nSPS) is 11.7. The summed E-state index contributed by atoms with van der Waals surface area (Å²) in [7, 11) is 0. The zero-order valence-electron chi connectivity index (χ0n) is 13.8. The van der Waals surface area contributed by atoms with Gasteiger partial charge >= 0.3 is 11.8 Å². The maximum atomic E-state index is 11.8. The fraction of sp³-hybridized carbons (Fsp3) is 0.158. The number of aliphatic hydroxyl groups excluding tert-OH is 1. The molecule has 0 aliphatic heterocycles. The van der Waals surface area contributed by atoms with E-state index in [9.17, 15) is 14.7 Å². The van der Waals surface area contributed by atoms with E-state index in [1.165, 1.54) is 11.3 Å². The highest BCUT2D eigenvalue weighted by molar-refractivity contribution is 7.09. The molecule has 3 rings (SSSR count). The van der Waals surface area contributed by atoms with E-state index in [1.54, 1.807) is 24.5 Å². The number of hydrogen-bond acceptors (Lipinski definition) is 5. The Morgan fingerprint density at radius 1 is 1.04 bits per heavy atom. The first-order chi connectivity index (χ1) is 12.6. The van der Waals surface area contributed by atoms with Gasteiger partial charge in [0.05, 0.1) is 18.9 Å². The SMILES string of the molecule is O=C(NCc1cccs1)C(=O)NC[C@@H](O)c1ccc(-c2ccco2)cc1. The van der Waals surface area contributed by atoms with Gasteiger partial charge in [0.2, 0.25) is 0 Å². The Hall–Kier alpha value is -2.90. The number of nitrogens with one attached hydrogen (secondary N) is 2. The van der Waals surface area contributed by atoms with Gasteiger partial charge in [0.1, 0.15) is 5.76 Å². The average molecular weight is 370 g/mol. The van der Waals surface area contributed by atoms with Gasteiger partial charge in [-0.1, -0.05) is 30.3 Å². The van der Waals surface area contributed by atoms with Gasteiger partial charge in [0.15, 0.2) is 0 Å². The van der Waals surface area contributed by atoms with E-state index in [2.05, 4.69) is 10.6 Å². The monoisotopic (exact) mass is 370 g/mol. The van der Waals surface area contributed by atoms with Crippen LogP contribution < -0.4 is 10.6 Å². The van der Waals surface area contributed by atoms with Gasteiger partial charge in [-0.15, -0.1) is 11.3 Å². The topological polar surface area (TPSA) is 91.6 Å². The summed E-state index contributed by atoms with van der Waals surface area (Å²) in [6, 6.07) is 14.6. The largest absolute Gasteiger partial charge is 0.464 e. The van der Waals surface area contributed by atoms with Crippen molar-refractivity contribution in [3.8, 4) is 11.3 Å². The summed E-state index contributed by atoms with van der Waals surface area (Å²) < 4.78 is 5.31. The Labute approximate surface area is 154 Å². The molecule has 134 valence electrons. The first-order valence-electron chi connectivity index (χ1n) is 8.04. The molecule has 3 aromatic rings. The minimum atomic E-state index is -0.908. The first kappa shape index (κ1) is 17.9. The number of carbonyl (C=O) groups excluding carboxylic acids is 2. The van der Waals surface area contributed by atoms with Crippen LogP contribution >= 0.6 is 11.3 Å². The third-order valence-corrected chi connectivity index (χ3v) is 4.64. The zero-order chi connectivity index (χ0) is 18.4. The fourth-order valence-electron chi connectivity index (χ4n) is 2.36. The third-order valence-electron chi connectivity index (χ3n) is 3.77. The quantitative estimate of drug-likeness (QED) is 0.581. The Morgan fingerprint density at radius 2 is 1.81 bits per heavy atom. The molecule has 1 atom stereocenters. The summed E-state index contributed by atoms with van der Waals surface area (Å²) in [6.45, 7) is 0.256. The van der Waals surface area contributed by atoms with Crippen molar-refractivity contribution in [1.82, 2.24) is 10.6 Å². The van der Waals surface area contributed by atoms with Crippen LogP contribution in [-0.4, -0.2) is 23.5 Å². The predicted octanol–water partition coefficient (Wildman–Crippen LogP) is 2.47. The Morgan fingerprint density at radius 3 is 2.46 bits per heavy atom. The van der Waals surface area contributed by atoms with Crippen LogP contribution in [0.1, 0.15) is 16.5 Å². The lowest BCUT2D eigenvalue weighted by atomic mass is 10.1. The van der Waals surface area contributed by atoms with Crippen molar-refractivity contribution in [3.05, 3.63) is 70.6 Å². The highest BCUT2D eigenvalue weighted by Crippen LogP contribution is 2.22. The molecule has 0 saturated heterocycles. The van der Waals surface area contributed by atoms with Crippen molar-refractivity contribution in [2.75, 3.05) is 6.54 Å². The van der Waals surface area contributed by atoms with Crippen LogP contribution in [0.15, 0.2) is 64.6 Å². The Kier molecular flexibility index (Phi) is 5.83. The lowest BCUT2D eigenvalue weighted by Crippen LogP contribution is -2.41. The Bertz CT molecular complexity index is 842. The molecule has 2 amide bonds. The van der Waals surface area contributed by atoms with Gasteiger partial charge in [0.25, 0.3) is 0 Å². The second-order valence-electron chi connectivity index (χ2n) is 5.59. The molecular formula is C19H18N2O4S. The summed E-state index contributed by atoms with van der Waals surface area (Å²) in [6.07, 6.45) is 0.687. The maximum Gasteiger partial charge on any atom is 0.309 e. The molecule has 3 N–H and O–H groups in total. The maximum absolute atomic E-state index is 11.8. The van der Waals surface area contributed by atoms with Gasteiger partial charge in [-0.2, -0.15) is 0 Å². The van der Waals surface area contributed by atoms with Gasteiger partial charge in [0, 0.05) is 17.0 Å². The fourth-order valence-corrected chi connectivity index (χ4v) is 3.01. The molecule has 0 spiro atoms. The first-order valence-corrected chi connectivity index (χ1v) is 8.92. The molecule has 0 aliphatic carbocycles. The number of thiophene rings is 1. The van der Waals surface area contributed by atoms with Crippen molar-refractivity contribution < 1.29 is 19.1 Å². The zero-order valence-corrected chi connectivity index (χ0v) is 14.7. The molecule has 0 radical (unpaired) electrons. The smallest absolute Gasteiger partial charge is 0.309 e. The predicted molar refractivity (Wildman–Crippen MR) is 98.3 cm³/mol. The van der Waals surface area contributed by atoms with Gasteiger partial charge < -0.3 is 20.2 Å². The van der Waals surface area contributed by atoms with Crippen LogP contribution in [0.2, 0.25) is 0 Å². The lowest BCUT2D eigenvalue weighted by Gasteiger charge is -2.12. The summed E-state index contributed by atoms with van der Waals surface area (Å²) >= 11 is 1.50. The summed E-state index contributed by atoms with van der Waals surface area (Å²) in [5, 5.41) is 17.1. The lowest BCUT2D eigenvalue weighted by molar-refractivity contribution is -0.139. The van der Waals surface area contributed by atoms with Crippen LogP contribution in [0.4, 0.5) is 0 Å². The number of rotatable bonds is 6. The van der Waals surface area contributed by atoms with E-state index >= 15 is 0 Å². The molecular weight excluding hydrogens is 352 g/mol. The van der Waals surface area contributed by atoms with E-state index in [4.69, 9.17) is 4.42 Å². The average Bonchev–Trinajstić information content (AvgIpc) is 3.37. The van der Waals surface area contributed by atoms with E-state index in [0.29, 0.717) is 12.1 Å². The Balaban J connectivity index is 1.47. The molecule has 0 fully saturated rings. The van der Waals surface area contributed by atoms with Crippen molar-refractivity contribution in [3.63, 3.8) is 0 Å². The van der Waals surface area contributed by atoms with E-state index < -0.39 is 17.9 Å². The molecule has 2 heterocycles. The molecule has 0 saturated carbocycles. The standard InChI is InChI=1S/C19H18N2O4S/c22-16(13-5-7-14(8-6-13)17-4-1-9-25-17)12-21-19(24)18(23)20-11-15-3-2-10-26-15/h1-10,16,22H,11-12H2,(H,20,23)(H,21,24)/t16-/m1/s1. The van der Waals surface area contributed by atoms with Crippen LogP contribution in [0.3, 0.4) is 0 Å². The van der Waals surface area contributed by atoms with E-state index in [-0.39, 0.29) is 6.54 Å². The molecule has 6 nitrogen and oxygen atoms in total. The third kappa shape index (κ3) is 4.59. The molecule has 1 aromatic carbocycles. The number of hydrogen-bond donors (Lipinski definition) is 3. The highest BCUT2D eigenvalue weighted by atomic mass is 32.1. The van der Waals surface area contributed by atoms with Gasteiger partial charge in [-0.25, -0.2) is 0 Å². The van der Waals surface area contributed by atoms with Gasteiger partial charge in [-0.05, 0) is 29.1 Å². The molecule has 0 bridgehead atoms. The number of furan rings is 1. The number of benzene rings is 1. The van der Waals surface area contributed by atoms with Crippen molar-refractivity contribution in [2.45, 2.75) is 12.6 Å². The van der Waals surface area contributed by atoms with Crippen LogP contribution in [-0.2, 0) is 16.1 Å². The van der Waals surface area contributed by atoms with Crippen LogP contribution in [0.25, 0.3) is 11.3 Å². The molecule has 0 unspecified atom stereocenters. The molecule has 0 aliphatic rings. The van der Waals surface area contributed by atoms with Crippen LogP contribution in [0, 0.1) is 0 Å². The van der Waals surface area contributed by atoms with Crippen molar-refractivity contribution >= 4 is 23.2 Å². The van der Waals surface area contributed by atoms with E-state index in [1.807, 2.05) is 35.7 Å². The minimum Gasteiger partial charge on any atom is -0.464 e. The number of carbonyl (C=O) groups is 2. The molecule has 26 heavy (non-hydrogen) atoms. The summed E-state index contributed by atoms with van der Waals surface area (Å²) in [4.78, 5) is 24.5. The molecule has 7 heteroatoms. The second-order valence-corrected chi connectivity index (χ2v) is 6.62. The van der Waals surface area contributed by atoms with Crippen molar-refractivity contribution in [1.29, 1.82) is 0 Å². The minimum absolute atomic E-state index is 0.0502. The molecule has 2 aromatic heterocycles. The van der Waals surface area contributed by atoms with Crippen LogP contribution in [0.5, 0.6) is 0 Å². The van der Waals surface area contributed by atoms with Gasteiger partial charge in [-0.3, -0.25) is 9.59 Å². The summed E-state index contributed by atoms with van der Waals surface area (Å²) in [5.74, 6) is -0.756. The summed E-state index contributed by atoms with van der Waals surface area (Å²) in [5.41, 5.74) is 1.53. The highest BCUT2D eigenvalue weighted by Gasteiger charge is 2.16. The van der Waals surface area contributed by atoms with E-state index in [0.717, 1.165) is 16.2 Å².